The Morgan fingerprint density at radius 2 is 2.05 bits per heavy atom. The number of methoxy groups -OCH3 is 1. The smallest absolute Gasteiger partial charge is 0.324 e. The van der Waals surface area contributed by atoms with Crippen LogP contribution in [-0.2, 0) is 24.4 Å². The molecule has 0 unspecified atom stereocenters. The van der Waals surface area contributed by atoms with E-state index < -0.39 is 0 Å². The van der Waals surface area contributed by atoms with Crippen molar-refractivity contribution in [1.29, 1.82) is 0 Å². The van der Waals surface area contributed by atoms with Crippen molar-refractivity contribution in [2.45, 2.75) is 19.7 Å². The zero-order valence-electron chi connectivity index (χ0n) is 11.2. The molecule has 0 aliphatic heterocycles. The van der Waals surface area contributed by atoms with Gasteiger partial charge in [-0.3, -0.25) is 10.1 Å². The van der Waals surface area contributed by atoms with Crippen LogP contribution in [0.4, 0.5) is 5.00 Å². The summed E-state index contributed by atoms with van der Waals surface area (Å²) in [5.74, 6) is 0. The fourth-order valence-corrected chi connectivity index (χ4v) is 2.68. The Morgan fingerprint density at radius 1 is 1.25 bits per heavy atom. The molecule has 0 saturated heterocycles. The van der Waals surface area contributed by atoms with Gasteiger partial charge in [0, 0.05) is 31.1 Å². The number of nitrogens with zero attached hydrogens (tertiary/aromatic N) is 1. The molecule has 0 aliphatic rings. The molecule has 1 N–H and O–H groups in total. The molecule has 2 rings (SSSR count). The third kappa shape index (κ3) is 4.12. The van der Waals surface area contributed by atoms with Gasteiger partial charge in [0.15, 0.2) is 0 Å². The second-order valence-corrected chi connectivity index (χ2v) is 5.50. The fraction of sp³-hybridized carbons (Fsp3) is 0.286. The van der Waals surface area contributed by atoms with Crippen LogP contribution >= 0.6 is 11.3 Å². The number of nitro groups is 1. The standard InChI is InChI=1S/C14H16N2O3S/c1-19-10-12-4-2-3-11(7-12)8-15-9-13-5-6-14(20-13)16(17)18/h2-7,15H,8-10H2,1H3. The number of hydrogen-bond acceptors (Lipinski definition) is 5. The first-order valence-corrected chi connectivity index (χ1v) is 7.01. The van der Waals surface area contributed by atoms with Crippen molar-refractivity contribution in [3.8, 4) is 0 Å². The zero-order chi connectivity index (χ0) is 14.4. The molecule has 0 radical (unpaired) electrons. The average Bonchev–Trinajstić information content (AvgIpc) is 2.89. The Labute approximate surface area is 121 Å². The normalized spacial score (nSPS) is 10.7. The van der Waals surface area contributed by atoms with Crippen LogP contribution in [0.3, 0.4) is 0 Å². The molecule has 106 valence electrons. The topological polar surface area (TPSA) is 64.4 Å². The Hall–Kier alpha value is -1.76. The van der Waals surface area contributed by atoms with Crippen LogP contribution < -0.4 is 5.32 Å². The Balaban J connectivity index is 1.85. The van der Waals surface area contributed by atoms with Crippen LogP contribution in [-0.4, -0.2) is 12.0 Å². The summed E-state index contributed by atoms with van der Waals surface area (Å²) in [5, 5.41) is 14.1. The van der Waals surface area contributed by atoms with Crippen molar-refractivity contribution in [2.75, 3.05) is 7.11 Å². The molecule has 1 aromatic heterocycles. The van der Waals surface area contributed by atoms with Crippen molar-refractivity contribution < 1.29 is 9.66 Å². The van der Waals surface area contributed by atoms with E-state index in [4.69, 9.17) is 4.74 Å². The van der Waals surface area contributed by atoms with Gasteiger partial charge in [0.05, 0.1) is 11.5 Å². The van der Waals surface area contributed by atoms with Gasteiger partial charge in [-0.25, -0.2) is 0 Å². The number of benzene rings is 1. The lowest BCUT2D eigenvalue weighted by atomic mass is 10.1. The van der Waals surface area contributed by atoms with E-state index >= 15 is 0 Å². The van der Waals surface area contributed by atoms with Gasteiger partial charge in [-0.15, -0.1) is 0 Å². The number of nitrogens with one attached hydrogen (secondary N) is 1. The highest BCUT2D eigenvalue weighted by Crippen LogP contribution is 2.23. The molecule has 5 nitrogen and oxygen atoms in total. The molecule has 0 saturated carbocycles. The van der Waals surface area contributed by atoms with E-state index in [0.29, 0.717) is 13.2 Å². The van der Waals surface area contributed by atoms with Gasteiger partial charge in [0.1, 0.15) is 0 Å². The van der Waals surface area contributed by atoms with Crippen LogP contribution in [0, 0.1) is 10.1 Å². The molecule has 0 spiro atoms. The second kappa shape index (κ2) is 7.14. The molecule has 6 heteroatoms. The maximum atomic E-state index is 10.6. The summed E-state index contributed by atoms with van der Waals surface area (Å²) in [7, 11) is 1.68. The highest BCUT2D eigenvalue weighted by molar-refractivity contribution is 7.15. The number of rotatable bonds is 7. The van der Waals surface area contributed by atoms with Gasteiger partial charge < -0.3 is 10.1 Å². The minimum absolute atomic E-state index is 0.184. The molecular weight excluding hydrogens is 276 g/mol. The van der Waals surface area contributed by atoms with Crippen molar-refractivity contribution in [3.05, 3.63) is 62.5 Å². The van der Waals surface area contributed by atoms with E-state index in [2.05, 4.69) is 11.4 Å². The molecule has 0 amide bonds. The minimum atomic E-state index is -0.359. The largest absolute Gasteiger partial charge is 0.380 e. The van der Waals surface area contributed by atoms with Gasteiger partial charge in [-0.1, -0.05) is 35.6 Å². The first-order valence-electron chi connectivity index (χ1n) is 6.19. The quantitative estimate of drug-likeness (QED) is 0.629. The highest BCUT2D eigenvalue weighted by Gasteiger charge is 2.08. The summed E-state index contributed by atoms with van der Waals surface area (Å²) in [6.45, 7) is 1.96. The molecule has 1 aromatic carbocycles. The van der Waals surface area contributed by atoms with Gasteiger partial charge in [-0.05, 0) is 17.2 Å². The first-order chi connectivity index (χ1) is 9.69. The Morgan fingerprint density at radius 3 is 2.75 bits per heavy atom. The van der Waals surface area contributed by atoms with E-state index in [1.54, 1.807) is 19.2 Å². The van der Waals surface area contributed by atoms with Gasteiger partial charge in [0.25, 0.3) is 0 Å². The SMILES string of the molecule is COCc1cccc(CNCc2ccc([N+](=O)[O-])s2)c1. The predicted octanol–water partition coefficient (Wildman–Crippen LogP) is 3.09. The van der Waals surface area contributed by atoms with Crippen LogP contribution in [0.25, 0.3) is 0 Å². The number of ether oxygens (including phenoxy) is 1. The van der Waals surface area contributed by atoms with E-state index in [1.807, 2.05) is 18.2 Å². The molecule has 0 atom stereocenters. The molecule has 1 heterocycles. The molecule has 2 aromatic rings. The van der Waals surface area contributed by atoms with Crippen molar-refractivity contribution in [1.82, 2.24) is 5.32 Å². The summed E-state index contributed by atoms with van der Waals surface area (Å²) in [5.41, 5.74) is 2.31. The van der Waals surface area contributed by atoms with Crippen LogP contribution in [0.5, 0.6) is 0 Å². The van der Waals surface area contributed by atoms with Crippen LogP contribution in [0.1, 0.15) is 16.0 Å². The third-order valence-corrected chi connectivity index (χ3v) is 3.80. The van der Waals surface area contributed by atoms with Gasteiger partial charge in [0.2, 0.25) is 0 Å². The second-order valence-electron chi connectivity index (χ2n) is 4.35. The van der Waals surface area contributed by atoms with Gasteiger partial charge >= 0.3 is 5.00 Å². The molecular formula is C14H16N2O3S. The summed E-state index contributed by atoms with van der Waals surface area (Å²) < 4.78 is 5.10. The number of thiophene rings is 1. The van der Waals surface area contributed by atoms with Crippen molar-refractivity contribution in [3.63, 3.8) is 0 Å². The van der Waals surface area contributed by atoms with Crippen LogP contribution in [0.15, 0.2) is 36.4 Å². The van der Waals surface area contributed by atoms with Crippen molar-refractivity contribution in [2.24, 2.45) is 0 Å². The molecule has 0 aliphatic carbocycles. The molecule has 20 heavy (non-hydrogen) atoms. The van der Waals surface area contributed by atoms with E-state index in [-0.39, 0.29) is 9.92 Å². The number of hydrogen-bond donors (Lipinski definition) is 1. The summed E-state index contributed by atoms with van der Waals surface area (Å²) in [6, 6.07) is 11.5. The Kier molecular flexibility index (Phi) is 5.23. The zero-order valence-corrected chi connectivity index (χ0v) is 12.0. The third-order valence-electron chi connectivity index (χ3n) is 2.76. The lowest BCUT2D eigenvalue weighted by molar-refractivity contribution is -0.380. The van der Waals surface area contributed by atoms with Crippen molar-refractivity contribution >= 4 is 16.3 Å². The van der Waals surface area contributed by atoms with E-state index in [0.717, 1.165) is 17.0 Å². The first kappa shape index (κ1) is 14.6. The lowest BCUT2D eigenvalue weighted by Gasteiger charge is -2.06. The van der Waals surface area contributed by atoms with E-state index in [9.17, 15) is 10.1 Å². The maximum Gasteiger partial charge on any atom is 0.324 e. The monoisotopic (exact) mass is 292 g/mol. The predicted molar refractivity (Wildman–Crippen MR) is 78.7 cm³/mol. The lowest BCUT2D eigenvalue weighted by Crippen LogP contribution is -2.11. The fourth-order valence-electron chi connectivity index (χ4n) is 1.89. The maximum absolute atomic E-state index is 10.6. The average molecular weight is 292 g/mol. The van der Waals surface area contributed by atoms with E-state index in [1.165, 1.54) is 16.9 Å². The highest BCUT2D eigenvalue weighted by atomic mass is 32.1. The summed E-state index contributed by atoms with van der Waals surface area (Å²) in [6.07, 6.45) is 0. The van der Waals surface area contributed by atoms with Gasteiger partial charge in [-0.2, -0.15) is 0 Å². The Bertz CT molecular complexity index is 583. The summed E-state index contributed by atoms with van der Waals surface area (Å²) >= 11 is 1.21. The van der Waals surface area contributed by atoms with Crippen LogP contribution in [0.2, 0.25) is 0 Å². The molecule has 0 fully saturated rings. The minimum Gasteiger partial charge on any atom is -0.380 e. The molecule has 0 bridgehead atoms. The summed E-state index contributed by atoms with van der Waals surface area (Å²) in [4.78, 5) is 11.2.